The number of carbonyl (C=O) groups excluding carboxylic acids is 1. The summed E-state index contributed by atoms with van der Waals surface area (Å²) >= 11 is 1.79. The van der Waals surface area contributed by atoms with E-state index in [1.54, 1.807) is 22.6 Å². The Kier molecular flexibility index (Phi) is 5.19. The van der Waals surface area contributed by atoms with E-state index in [4.69, 9.17) is 5.73 Å². The van der Waals surface area contributed by atoms with Crippen molar-refractivity contribution in [2.45, 2.75) is 19.4 Å². The first-order chi connectivity index (χ1) is 8.01. The molecule has 0 aliphatic carbocycles. The molecule has 0 spiro atoms. The first kappa shape index (κ1) is 14.2. The highest BCUT2D eigenvalue weighted by Gasteiger charge is 2.22. The molecular formula is C10H11F2IN2O2. The maximum Gasteiger partial charge on any atom is 0.311 e. The van der Waals surface area contributed by atoms with E-state index in [2.05, 4.69) is 9.72 Å². The summed E-state index contributed by atoms with van der Waals surface area (Å²) in [5.74, 6) is -0.601. The number of nitrogens with zero attached hydrogens (tertiary/aromatic N) is 1. The maximum atomic E-state index is 12.9. The van der Waals surface area contributed by atoms with E-state index < -0.39 is 12.4 Å². The molecule has 1 aromatic heterocycles. The van der Waals surface area contributed by atoms with Crippen LogP contribution in [-0.4, -0.2) is 18.1 Å². The number of hydrogen-bond acceptors (Lipinski definition) is 4. The van der Waals surface area contributed by atoms with Crippen LogP contribution in [0.25, 0.3) is 0 Å². The summed E-state index contributed by atoms with van der Waals surface area (Å²) in [6.45, 7) is 0.128. The second kappa shape index (κ2) is 6.20. The number of alkyl halides is 2. The van der Waals surface area contributed by atoms with Crippen molar-refractivity contribution in [3.8, 4) is 0 Å². The SMILES string of the molecule is COC(=O)Cc1ncc(CN)c(I)c1C(F)F. The predicted molar refractivity (Wildman–Crippen MR) is 65.5 cm³/mol. The number of hydrogen-bond donors (Lipinski definition) is 1. The third kappa shape index (κ3) is 3.32. The molecule has 1 heterocycles. The van der Waals surface area contributed by atoms with Crippen molar-refractivity contribution in [3.63, 3.8) is 0 Å². The zero-order valence-electron chi connectivity index (χ0n) is 9.04. The fourth-order valence-corrected chi connectivity index (χ4v) is 2.20. The van der Waals surface area contributed by atoms with Crippen LogP contribution in [0.2, 0.25) is 0 Å². The van der Waals surface area contributed by atoms with E-state index in [-0.39, 0.29) is 24.2 Å². The Morgan fingerprint density at radius 1 is 1.65 bits per heavy atom. The van der Waals surface area contributed by atoms with Crippen LogP contribution in [0, 0.1) is 3.57 Å². The Morgan fingerprint density at radius 3 is 2.76 bits per heavy atom. The van der Waals surface area contributed by atoms with Crippen LogP contribution in [0.5, 0.6) is 0 Å². The normalized spacial score (nSPS) is 10.7. The van der Waals surface area contributed by atoms with Gasteiger partial charge in [-0.2, -0.15) is 0 Å². The molecule has 0 fully saturated rings. The van der Waals surface area contributed by atoms with Crippen molar-refractivity contribution in [2.24, 2.45) is 5.73 Å². The Labute approximate surface area is 111 Å². The van der Waals surface area contributed by atoms with Gasteiger partial charge in [-0.05, 0) is 28.2 Å². The van der Waals surface area contributed by atoms with Gasteiger partial charge in [0.1, 0.15) is 0 Å². The summed E-state index contributed by atoms with van der Waals surface area (Å²) in [4.78, 5) is 14.9. The smallest absolute Gasteiger partial charge is 0.311 e. The third-order valence-electron chi connectivity index (χ3n) is 2.18. The minimum absolute atomic E-state index is 0.0356. The van der Waals surface area contributed by atoms with Gasteiger partial charge in [0.2, 0.25) is 0 Å². The molecule has 0 atom stereocenters. The highest BCUT2D eigenvalue weighted by Crippen LogP contribution is 2.29. The van der Waals surface area contributed by atoms with E-state index in [0.29, 0.717) is 9.13 Å². The summed E-state index contributed by atoms with van der Waals surface area (Å²) < 4.78 is 30.6. The largest absolute Gasteiger partial charge is 0.469 e. The second-order valence-corrected chi connectivity index (χ2v) is 4.29. The molecule has 0 radical (unpaired) electrons. The van der Waals surface area contributed by atoms with Gasteiger partial charge in [-0.3, -0.25) is 9.78 Å². The molecule has 0 unspecified atom stereocenters. The van der Waals surface area contributed by atoms with Crippen LogP contribution >= 0.6 is 22.6 Å². The number of rotatable bonds is 4. The van der Waals surface area contributed by atoms with E-state index in [9.17, 15) is 13.6 Å². The number of pyridine rings is 1. The lowest BCUT2D eigenvalue weighted by Crippen LogP contribution is -2.13. The molecule has 0 saturated heterocycles. The van der Waals surface area contributed by atoms with Crippen LogP contribution in [-0.2, 0) is 22.5 Å². The van der Waals surface area contributed by atoms with Crippen LogP contribution in [0.3, 0.4) is 0 Å². The van der Waals surface area contributed by atoms with E-state index >= 15 is 0 Å². The fourth-order valence-electron chi connectivity index (χ4n) is 1.30. The number of halogens is 3. The summed E-state index contributed by atoms with van der Waals surface area (Å²) in [6, 6.07) is 0. The van der Waals surface area contributed by atoms with Gasteiger partial charge in [0.05, 0.1) is 24.8 Å². The molecule has 1 rings (SSSR count). The van der Waals surface area contributed by atoms with Gasteiger partial charge in [0, 0.05) is 16.3 Å². The van der Waals surface area contributed by atoms with Crippen LogP contribution in [0.1, 0.15) is 23.2 Å². The fraction of sp³-hybridized carbons (Fsp3) is 0.400. The van der Waals surface area contributed by atoms with Crippen molar-refractivity contribution in [1.82, 2.24) is 4.98 Å². The zero-order chi connectivity index (χ0) is 13.0. The Morgan fingerprint density at radius 2 is 2.29 bits per heavy atom. The van der Waals surface area contributed by atoms with Gasteiger partial charge >= 0.3 is 5.97 Å². The van der Waals surface area contributed by atoms with E-state index in [1.807, 2.05) is 0 Å². The first-order valence-electron chi connectivity index (χ1n) is 4.72. The van der Waals surface area contributed by atoms with Gasteiger partial charge in [-0.1, -0.05) is 0 Å². The number of aromatic nitrogens is 1. The summed E-state index contributed by atoms with van der Waals surface area (Å²) in [5.41, 5.74) is 5.75. The van der Waals surface area contributed by atoms with Crippen molar-refractivity contribution in [2.75, 3.05) is 7.11 Å². The molecule has 0 saturated carbocycles. The lowest BCUT2D eigenvalue weighted by molar-refractivity contribution is -0.139. The van der Waals surface area contributed by atoms with Crippen molar-refractivity contribution < 1.29 is 18.3 Å². The summed E-state index contributed by atoms with van der Waals surface area (Å²) in [7, 11) is 1.20. The van der Waals surface area contributed by atoms with Crippen molar-refractivity contribution in [1.29, 1.82) is 0 Å². The second-order valence-electron chi connectivity index (χ2n) is 3.22. The monoisotopic (exact) mass is 356 g/mol. The standard InChI is InChI=1S/C10H11F2IN2O2/c1-17-7(16)2-6-8(10(11)12)9(13)5(3-14)4-15-6/h4,10H,2-3,14H2,1H3. The molecule has 0 aromatic carbocycles. The number of carbonyl (C=O) groups is 1. The van der Waals surface area contributed by atoms with Crippen LogP contribution in [0.4, 0.5) is 8.78 Å². The van der Waals surface area contributed by atoms with E-state index in [0.717, 1.165) is 0 Å². The Hall–Kier alpha value is -0.830. The molecule has 0 amide bonds. The molecule has 17 heavy (non-hydrogen) atoms. The highest BCUT2D eigenvalue weighted by atomic mass is 127. The quantitative estimate of drug-likeness (QED) is 0.660. The summed E-state index contributed by atoms with van der Waals surface area (Å²) in [6.07, 6.45) is -1.55. The van der Waals surface area contributed by atoms with Gasteiger partial charge in [-0.25, -0.2) is 8.78 Å². The average Bonchev–Trinajstić information content (AvgIpc) is 2.28. The lowest BCUT2D eigenvalue weighted by Gasteiger charge is -2.12. The number of nitrogens with two attached hydrogens (primary N) is 1. The molecular weight excluding hydrogens is 345 g/mol. The third-order valence-corrected chi connectivity index (χ3v) is 3.46. The lowest BCUT2D eigenvalue weighted by atomic mass is 10.1. The minimum Gasteiger partial charge on any atom is -0.469 e. The highest BCUT2D eigenvalue weighted by molar-refractivity contribution is 14.1. The molecule has 0 aliphatic rings. The van der Waals surface area contributed by atoms with Gasteiger partial charge < -0.3 is 10.5 Å². The van der Waals surface area contributed by atoms with Crippen LogP contribution < -0.4 is 5.73 Å². The van der Waals surface area contributed by atoms with Crippen molar-refractivity contribution >= 4 is 28.6 Å². The number of ether oxygens (including phenoxy) is 1. The number of methoxy groups -OCH3 is 1. The number of esters is 1. The van der Waals surface area contributed by atoms with Gasteiger partial charge in [-0.15, -0.1) is 0 Å². The molecule has 1 aromatic rings. The van der Waals surface area contributed by atoms with E-state index in [1.165, 1.54) is 13.3 Å². The first-order valence-corrected chi connectivity index (χ1v) is 5.80. The Balaban J connectivity index is 3.21. The molecule has 2 N–H and O–H groups in total. The molecule has 0 bridgehead atoms. The average molecular weight is 356 g/mol. The Bertz CT molecular complexity index is 427. The van der Waals surface area contributed by atoms with Crippen molar-refractivity contribution in [3.05, 3.63) is 26.6 Å². The minimum atomic E-state index is -2.69. The van der Waals surface area contributed by atoms with Gasteiger partial charge in [0.15, 0.2) is 0 Å². The molecule has 4 nitrogen and oxygen atoms in total. The molecule has 7 heteroatoms. The molecule has 0 aliphatic heterocycles. The van der Waals surface area contributed by atoms with Gasteiger partial charge in [0.25, 0.3) is 6.43 Å². The zero-order valence-corrected chi connectivity index (χ0v) is 11.2. The molecule has 94 valence electrons. The summed E-state index contributed by atoms with van der Waals surface area (Å²) in [5, 5.41) is 0. The topological polar surface area (TPSA) is 65.2 Å². The predicted octanol–water partition coefficient (Wildman–Crippen LogP) is 1.80. The maximum absolute atomic E-state index is 12.9. The van der Waals surface area contributed by atoms with Crippen LogP contribution in [0.15, 0.2) is 6.20 Å².